The van der Waals surface area contributed by atoms with Crippen molar-refractivity contribution in [1.29, 1.82) is 0 Å². The number of benzene rings is 2. The van der Waals surface area contributed by atoms with Crippen molar-refractivity contribution in [3.05, 3.63) is 89.1 Å². The van der Waals surface area contributed by atoms with E-state index in [9.17, 15) is 9.59 Å². The molecule has 2 aromatic heterocycles. The van der Waals surface area contributed by atoms with Crippen molar-refractivity contribution < 1.29 is 14.3 Å². The quantitative estimate of drug-likeness (QED) is 0.290. The lowest BCUT2D eigenvalue weighted by atomic mass is 9.96. The van der Waals surface area contributed by atoms with E-state index in [-0.39, 0.29) is 18.4 Å². The lowest BCUT2D eigenvalue weighted by Gasteiger charge is -2.09. The molecule has 30 heavy (non-hydrogen) atoms. The molecule has 0 bridgehead atoms. The first-order valence-electron chi connectivity index (χ1n) is 10.5. The number of para-hydroxylation sites is 1. The summed E-state index contributed by atoms with van der Waals surface area (Å²) in [5.74, 6) is -0.452. The van der Waals surface area contributed by atoms with Gasteiger partial charge < -0.3 is 9.14 Å². The molecule has 0 radical (unpaired) electrons. The molecule has 4 aromatic rings. The molecule has 0 aliphatic carbocycles. The van der Waals surface area contributed by atoms with Crippen molar-refractivity contribution in [2.45, 2.75) is 33.1 Å². The molecule has 4 nitrogen and oxygen atoms in total. The van der Waals surface area contributed by atoms with E-state index < -0.39 is 0 Å². The summed E-state index contributed by atoms with van der Waals surface area (Å²) >= 11 is 0. The van der Waals surface area contributed by atoms with Gasteiger partial charge >= 0.3 is 5.97 Å². The van der Waals surface area contributed by atoms with Crippen LogP contribution in [-0.4, -0.2) is 22.8 Å². The Bertz CT molecular complexity index is 1220. The Morgan fingerprint density at radius 3 is 2.33 bits per heavy atom. The molecular formula is C26H25NO3. The number of nitrogens with zero attached hydrogens (tertiary/aromatic N) is 1. The number of fused-ring (bicyclic) bond motifs is 3. The minimum absolute atomic E-state index is 0.0648. The average molecular weight is 399 g/mol. The molecule has 0 aliphatic heterocycles. The zero-order chi connectivity index (χ0) is 21.1. The second-order valence-electron chi connectivity index (χ2n) is 7.33. The van der Waals surface area contributed by atoms with Gasteiger partial charge in [0.05, 0.1) is 23.2 Å². The molecule has 0 saturated heterocycles. The third-order valence-electron chi connectivity index (χ3n) is 5.42. The lowest BCUT2D eigenvalue weighted by molar-refractivity contribution is 0.0517. The van der Waals surface area contributed by atoms with E-state index in [4.69, 9.17) is 4.74 Å². The molecule has 0 amide bonds. The summed E-state index contributed by atoms with van der Waals surface area (Å²) < 4.78 is 7.34. The number of aromatic nitrogens is 1. The van der Waals surface area contributed by atoms with Crippen molar-refractivity contribution in [1.82, 2.24) is 4.40 Å². The van der Waals surface area contributed by atoms with Crippen molar-refractivity contribution in [3.8, 4) is 0 Å². The number of hydrogen-bond acceptors (Lipinski definition) is 3. The van der Waals surface area contributed by atoms with E-state index >= 15 is 0 Å². The topological polar surface area (TPSA) is 47.8 Å². The standard InChI is InChI=1S/C26H25NO3/c1-3-5-14-20-23(25(28)19-12-7-6-8-13-19)22-17-16-18-11-9-10-15-21(18)27(22)24(20)26(29)30-4-2/h6-13,15-17H,3-5,14H2,1-2H3. The Kier molecular flexibility index (Phi) is 5.66. The van der Waals surface area contributed by atoms with Crippen LogP contribution in [0.5, 0.6) is 0 Å². The van der Waals surface area contributed by atoms with E-state index in [0.717, 1.165) is 34.8 Å². The van der Waals surface area contributed by atoms with Crippen LogP contribution in [0.2, 0.25) is 0 Å². The Balaban J connectivity index is 2.10. The predicted molar refractivity (Wildman–Crippen MR) is 119 cm³/mol. The Hall–Kier alpha value is -3.40. The van der Waals surface area contributed by atoms with Gasteiger partial charge in [0.1, 0.15) is 5.69 Å². The number of hydrogen-bond donors (Lipinski definition) is 0. The number of rotatable bonds is 7. The zero-order valence-corrected chi connectivity index (χ0v) is 17.4. The van der Waals surface area contributed by atoms with E-state index in [1.807, 2.05) is 71.1 Å². The molecular weight excluding hydrogens is 374 g/mol. The second-order valence-corrected chi connectivity index (χ2v) is 7.33. The van der Waals surface area contributed by atoms with E-state index in [1.54, 1.807) is 6.92 Å². The highest BCUT2D eigenvalue weighted by molar-refractivity contribution is 6.17. The van der Waals surface area contributed by atoms with Crippen molar-refractivity contribution in [3.63, 3.8) is 0 Å². The maximum Gasteiger partial charge on any atom is 0.355 e. The summed E-state index contributed by atoms with van der Waals surface area (Å²) in [5.41, 5.74) is 4.10. The fraction of sp³-hybridized carbons (Fsp3) is 0.231. The van der Waals surface area contributed by atoms with Crippen LogP contribution in [-0.2, 0) is 11.2 Å². The summed E-state index contributed by atoms with van der Waals surface area (Å²) in [6, 6.07) is 21.1. The molecule has 0 N–H and O–H groups in total. The smallest absolute Gasteiger partial charge is 0.355 e. The molecule has 0 saturated carbocycles. The average Bonchev–Trinajstić information content (AvgIpc) is 3.12. The van der Waals surface area contributed by atoms with Crippen LogP contribution in [0.1, 0.15) is 58.7 Å². The number of unbranched alkanes of at least 4 members (excludes halogenated alkanes) is 1. The molecule has 2 aromatic carbocycles. The summed E-state index contributed by atoms with van der Waals surface area (Å²) in [4.78, 5) is 26.7. The summed E-state index contributed by atoms with van der Waals surface area (Å²) in [6.45, 7) is 4.19. The molecule has 0 aliphatic rings. The van der Waals surface area contributed by atoms with Gasteiger partial charge in [0.15, 0.2) is 5.78 Å². The number of ketones is 1. The van der Waals surface area contributed by atoms with Crippen LogP contribution in [0.3, 0.4) is 0 Å². The first-order valence-corrected chi connectivity index (χ1v) is 10.5. The van der Waals surface area contributed by atoms with Crippen molar-refractivity contribution in [2.75, 3.05) is 6.61 Å². The van der Waals surface area contributed by atoms with Crippen LogP contribution in [0, 0.1) is 0 Å². The minimum atomic E-state index is -0.387. The third-order valence-corrected chi connectivity index (χ3v) is 5.42. The maximum atomic E-state index is 13.6. The largest absolute Gasteiger partial charge is 0.461 e. The summed E-state index contributed by atoms with van der Waals surface area (Å²) in [5, 5.41) is 1.01. The number of pyridine rings is 1. The highest BCUT2D eigenvalue weighted by atomic mass is 16.5. The molecule has 0 spiro atoms. The van der Waals surface area contributed by atoms with Crippen LogP contribution < -0.4 is 0 Å². The van der Waals surface area contributed by atoms with Gasteiger partial charge in [0.25, 0.3) is 0 Å². The third kappa shape index (κ3) is 3.39. The van der Waals surface area contributed by atoms with Gasteiger partial charge in [0, 0.05) is 5.56 Å². The van der Waals surface area contributed by atoms with Crippen LogP contribution >= 0.6 is 0 Å². The predicted octanol–water partition coefficient (Wildman–Crippen LogP) is 5.84. The van der Waals surface area contributed by atoms with Gasteiger partial charge in [-0.2, -0.15) is 0 Å². The number of carbonyl (C=O) groups is 2. The van der Waals surface area contributed by atoms with Gasteiger partial charge in [-0.25, -0.2) is 4.79 Å². The van der Waals surface area contributed by atoms with Gasteiger partial charge in [-0.15, -0.1) is 0 Å². The number of esters is 1. The molecule has 4 heteroatoms. The minimum Gasteiger partial charge on any atom is -0.461 e. The molecule has 0 atom stereocenters. The molecule has 0 fully saturated rings. The SMILES string of the molecule is CCCCc1c(C(=O)c2ccccc2)c2ccc3ccccc3n2c1C(=O)OCC. The summed E-state index contributed by atoms with van der Waals surface area (Å²) in [6.07, 6.45) is 2.50. The second kappa shape index (κ2) is 8.54. The van der Waals surface area contributed by atoms with Gasteiger partial charge in [-0.1, -0.05) is 67.9 Å². The van der Waals surface area contributed by atoms with Gasteiger partial charge in [-0.05, 0) is 42.8 Å². The van der Waals surface area contributed by atoms with E-state index in [0.29, 0.717) is 23.2 Å². The first-order chi connectivity index (χ1) is 14.7. The van der Waals surface area contributed by atoms with Gasteiger partial charge in [-0.3, -0.25) is 4.79 Å². The van der Waals surface area contributed by atoms with E-state index in [1.165, 1.54) is 0 Å². The Morgan fingerprint density at radius 1 is 0.867 bits per heavy atom. The Morgan fingerprint density at radius 2 is 1.60 bits per heavy atom. The fourth-order valence-electron chi connectivity index (χ4n) is 4.05. The highest BCUT2D eigenvalue weighted by Crippen LogP contribution is 2.32. The maximum absolute atomic E-state index is 13.6. The van der Waals surface area contributed by atoms with Gasteiger partial charge in [0.2, 0.25) is 0 Å². The highest BCUT2D eigenvalue weighted by Gasteiger charge is 2.28. The van der Waals surface area contributed by atoms with Crippen LogP contribution in [0.15, 0.2) is 66.7 Å². The van der Waals surface area contributed by atoms with E-state index in [2.05, 4.69) is 6.92 Å². The normalized spacial score (nSPS) is 11.1. The molecule has 4 rings (SSSR count). The monoisotopic (exact) mass is 399 g/mol. The lowest BCUT2D eigenvalue weighted by Crippen LogP contribution is -2.12. The molecule has 152 valence electrons. The van der Waals surface area contributed by atoms with Crippen molar-refractivity contribution >= 4 is 28.2 Å². The Labute approximate surface area is 176 Å². The number of carbonyl (C=O) groups excluding carboxylic acids is 2. The number of ether oxygens (including phenoxy) is 1. The summed E-state index contributed by atoms with van der Waals surface area (Å²) in [7, 11) is 0. The zero-order valence-electron chi connectivity index (χ0n) is 17.4. The molecule has 0 unspecified atom stereocenters. The molecule has 2 heterocycles. The fourth-order valence-corrected chi connectivity index (χ4v) is 4.05. The first kappa shape index (κ1) is 19.9. The van der Waals surface area contributed by atoms with Crippen LogP contribution in [0.4, 0.5) is 0 Å². The van der Waals surface area contributed by atoms with Crippen LogP contribution in [0.25, 0.3) is 16.4 Å². The van der Waals surface area contributed by atoms with Crippen molar-refractivity contribution in [2.24, 2.45) is 0 Å².